The van der Waals surface area contributed by atoms with Crippen molar-refractivity contribution in [2.45, 2.75) is 23.4 Å². The van der Waals surface area contributed by atoms with Crippen LogP contribution in [0.15, 0.2) is 84.0 Å². The molecule has 4 aromatic rings. The summed E-state index contributed by atoms with van der Waals surface area (Å²) >= 11 is 7.25. The van der Waals surface area contributed by atoms with E-state index in [9.17, 15) is 4.79 Å². The maximum atomic E-state index is 12.8. The van der Waals surface area contributed by atoms with E-state index >= 15 is 0 Å². The van der Waals surface area contributed by atoms with Gasteiger partial charge in [-0.25, -0.2) is 0 Å². The van der Waals surface area contributed by atoms with Crippen LogP contribution >= 0.6 is 23.4 Å². The van der Waals surface area contributed by atoms with Gasteiger partial charge in [0.25, 0.3) is 0 Å². The van der Waals surface area contributed by atoms with E-state index in [1.165, 1.54) is 11.8 Å². The van der Waals surface area contributed by atoms with E-state index in [0.717, 1.165) is 5.69 Å². The number of nitrogens with zero attached hydrogens (tertiary/aromatic N) is 3. The van der Waals surface area contributed by atoms with Gasteiger partial charge in [-0.1, -0.05) is 53.7 Å². The van der Waals surface area contributed by atoms with Crippen LogP contribution in [0.25, 0.3) is 5.69 Å². The Morgan fingerprint density at radius 2 is 1.74 bits per heavy atom. The highest BCUT2D eigenvalue weighted by Gasteiger charge is 2.30. The Labute approximate surface area is 206 Å². The van der Waals surface area contributed by atoms with E-state index in [1.54, 1.807) is 24.3 Å². The number of carbonyl (C=O) groups is 1. The maximum Gasteiger partial charge on any atom is 0.237 e. The van der Waals surface area contributed by atoms with Crippen LogP contribution in [0.2, 0.25) is 5.02 Å². The zero-order chi connectivity index (χ0) is 23.5. The van der Waals surface area contributed by atoms with Crippen molar-refractivity contribution in [3.63, 3.8) is 0 Å². The van der Waals surface area contributed by atoms with Gasteiger partial charge in [0.2, 0.25) is 5.91 Å². The summed E-state index contributed by atoms with van der Waals surface area (Å²) < 4.78 is 14.0. The van der Waals surface area contributed by atoms with Crippen LogP contribution in [-0.2, 0) is 4.79 Å². The Kier molecular flexibility index (Phi) is 6.42. The summed E-state index contributed by atoms with van der Waals surface area (Å²) in [6.45, 7) is 2.13. The lowest BCUT2D eigenvalue weighted by atomic mass is 10.2. The van der Waals surface area contributed by atoms with E-state index < -0.39 is 11.4 Å². The van der Waals surface area contributed by atoms with Crippen LogP contribution in [0.4, 0.5) is 5.69 Å². The highest BCUT2D eigenvalue weighted by atomic mass is 35.5. The lowest BCUT2D eigenvalue weighted by molar-refractivity contribution is -0.115. The Hall–Kier alpha value is -3.49. The van der Waals surface area contributed by atoms with E-state index in [0.29, 0.717) is 39.8 Å². The molecule has 1 amide bonds. The van der Waals surface area contributed by atoms with Crippen molar-refractivity contribution >= 4 is 35.0 Å². The van der Waals surface area contributed by atoms with Crippen molar-refractivity contribution in [1.29, 1.82) is 0 Å². The molecular formula is C25H21ClN4O3S. The number of carbonyl (C=O) groups excluding carboxylic acids is 1. The molecule has 2 heterocycles. The van der Waals surface area contributed by atoms with Crippen molar-refractivity contribution in [2.75, 3.05) is 11.9 Å². The van der Waals surface area contributed by atoms with Gasteiger partial charge in [-0.2, -0.15) is 0 Å². The number of nitrogens with one attached hydrogen (secondary N) is 1. The molecule has 0 fully saturated rings. The first kappa shape index (κ1) is 22.3. The van der Waals surface area contributed by atoms with E-state index in [4.69, 9.17) is 21.1 Å². The van der Waals surface area contributed by atoms with E-state index in [1.807, 2.05) is 66.1 Å². The standard InChI is InChI=1S/C25H21ClN4O3S/c1-16(24(31)27-18-13-11-17(26)12-14-18)34-25-29-28-23(30(25)19-7-3-2-4-8-19)22-15-32-20-9-5-6-10-21(20)33-22/h2-14,16,22H,15H2,1H3,(H,27,31)/t16-,22+/m0/s1. The summed E-state index contributed by atoms with van der Waals surface area (Å²) in [7, 11) is 0. The highest BCUT2D eigenvalue weighted by molar-refractivity contribution is 8.00. The number of halogens is 1. The molecule has 0 radical (unpaired) electrons. The van der Waals surface area contributed by atoms with Gasteiger partial charge in [-0.15, -0.1) is 10.2 Å². The monoisotopic (exact) mass is 492 g/mol. The van der Waals surface area contributed by atoms with E-state index in [-0.39, 0.29) is 5.91 Å². The fourth-order valence-electron chi connectivity index (χ4n) is 3.52. The topological polar surface area (TPSA) is 78.3 Å². The Morgan fingerprint density at radius 1 is 1.03 bits per heavy atom. The zero-order valence-corrected chi connectivity index (χ0v) is 19.8. The summed E-state index contributed by atoms with van der Waals surface area (Å²) in [5.74, 6) is 1.81. The second kappa shape index (κ2) is 9.79. The third kappa shape index (κ3) is 4.73. The molecule has 1 aromatic heterocycles. The molecule has 1 aliphatic heterocycles. The predicted octanol–water partition coefficient (Wildman–Crippen LogP) is 5.55. The molecule has 7 nitrogen and oxygen atoms in total. The predicted molar refractivity (Wildman–Crippen MR) is 132 cm³/mol. The normalized spacial score (nSPS) is 15.5. The molecule has 0 saturated carbocycles. The second-order valence-electron chi connectivity index (χ2n) is 7.63. The summed E-state index contributed by atoms with van der Waals surface area (Å²) in [5, 5.41) is 12.5. The van der Waals surface area contributed by atoms with Gasteiger partial charge in [-0.05, 0) is 55.5 Å². The summed E-state index contributed by atoms with van der Waals surface area (Å²) in [6.07, 6.45) is -0.449. The van der Waals surface area contributed by atoms with Crippen LogP contribution < -0.4 is 14.8 Å². The highest BCUT2D eigenvalue weighted by Crippen LogP contribution is 2.37. The number of amides is 1. The summed E-state index contributed by atoms with van der Waals surface area (Å²) in [6, 6.07) is 24.3. The SMILES string of the molecule is C[C@H](Sc1nnc([C@H]2COc3ccccc3O2)n1-c1ccccc1)C(=O)Nc1ccc(Cl)cc1. The van der Waals surface area contributed by atoms with Gasteiger partial charge in [0.05, 0.1) is 5.25 Å². The third-order valence-corrected chi connectivity index (χ3v) is 6.53. The maximum absolute atomic E-state index is 12.8. The number of para-hydroxylation sites is 3. The Balaban J connectivity index is 1.41. The zero-order valence-electron chi connectivity index (χ0n) is 18.2. The van der Waals surface area contributed by atoms with Crippen LogP contribution in [0.5, 0.6) is 11.5 Å². The Bertz CT molecular complexity index is 1300. The minimum absolute atomic E-state index is 0.150. The molecule has 0 aliphatic carbocycles. The number of thioether (sulfide) groups is 1. The van der Waals surface area contributed by atoms with Gasteiger partial charge in [0, 0.05) is 16.4 Å². The number of anilines is 1. The second-order valence-corrected chi connectivity index (χ2v) is 9.38. The summed E-state index contributed by atoms with van der Waals surface area (Å²) in [5.41, 5.74) is 1.55. The van der Waals surface area contributed by atoms with Crippen molar-refractivity contribution in [1.82, 2.24) is 14.8 Å². The first-order chi connectivity index (χ1) is 16.6. The van der Waals surface area contributed by atoms with Gasteiger partial charge in [0.15, 0.2) is 28.6 Å². The number of benzene rings is 3. The van der Waals surface area contributed by atoms with Gasteiger partial charge in [-0.3, -0.25) is 9.36 Å². The average molecular weight is 493 g/mol. The molecule has 0 unspecified atom stereocenters. The molecular weight excluding hydrogens is 472 g/mol. The van der Waals surface area contributed by atoms with Crippen molar-refractivity contribution in [2.24, 2.45) is 0 Å². The molecule has 172 valence electrons. The van der Waals surface area contributed by atoms with Gasteiger partial charge >= 0.3 is 0 Å². The Morgan fingerprint density at radius 3 is 2.50 bits per heavy atom. The van der Waals surface area contributed by atoms with E-state index in [2.05, 4.69) is 15.5 Å². The van der Waals surface area contributed by atoms with Crippen LogP contribution in [0.3, 0.4) is 0 Å². The lowest BCUT2D eigenvalue weighted by Gasteiger charge is -2.26. The molecule has 9 heteroatoms. The van der Waals surface area contributed by atoms with Crippen molar-refractivity contribution in [3.8, 4) is 17.2 Å². The molecule has 0 saturated heterocycles. The largest absolute Gasteiger partial charge is 0.485 e. The molecule has 5 rings (SSSR count). The van der Waals surface area contributed by atoms with Gasteiger partial charge < -0.3 is 14.8 Å². The number of hydrogen-bond donors (Lipinski definition) is 1. The van der Waals surface area contributed by atoms with Crippen molar-refractivity contribution < 1.29 is 14.3 Å². The lowest BCUT2D eigenvalue weighted by Crippen LogP contribution is -2.25. The fourth-order valence-corrected chi connectivity index (χ4v) is 4.52. The molecule has 1 aliphatic rings. The first-order valence-corrected chi connectivity index (χ1v) is 12.0. The minimum atomic E-state index is -0.449. The molecule has 1 N–H and O–H groups in total. The molecule has 3 aromatic carbocycles. The first-order valence-electron chi connectivity index (χ1n) is 10.7. The molecule has 2 atom stereocenters. The quantitative estimate of drug-likeness (QED) is 0.355. The number of aromatic nitrogens is 3. The third-order valence-electron chi connectivity index (χ3n) is 5.23. The smallest absolute Gasteiger partial charge is 0.237 e. The number of rotatable bonds is 6. The number of ether oxygens (including phenoxy) is 2. The average Bonchev–Trinajstić information content (AvgIpc) is 3.29. The van der Waals surface area contributed by atoms with Crippen LogP contribution in [-0.4, -0.2) is 32.5 Å². The van der Waals surface area contributed by atoms with Crippen LogP contribution in [0, 0.1) is 0 Å². The number of fused-ring (bicyclic) bond motifs is 1. The fraction of sp³-hybridized carbons (Fsp3) is 0.160. The molecule has 0 spiro atoms. The van der Waals surface area contributed by atoms with Crippen LogP contribution in [0.1, 0.15) is 18.9 Å². The molecule has 34 heavy (non-hydrogen) atoms. The summed E-state index contributed by atoms with van der Waals surface area (Å²) in [4.78, 5) is 12.8. The number of hydrogen-bond acceptors (Lipinski definition) is 6. The minimum Gasteiger partial charge on any atom is -0.485 e. The van der Waals surface area contributed by atoms with Gasteiger partial charge in [0.1, 0.15) is 6.61 Å². The van der Waals surface area contributed by atoms with Crippen molar-refractivity contribution in [3.05, 3.63) is 89.7 Å². The molecule has 0 bridgehead atoms.